The van der Waals surface area contributed by atoms with E-state index in [2.05, 4.69) is 10.1 Å². The summed E-state index contributed by atoms with van der Waals surface area (Å²) in [6, 6.07) is 0. The second kappa shape index (κ2) is 4.60. The van der Waals surface area contributed by atoms with Crippen molar-refractivity contribution in [2.45, 2.75) is 44.2 Å². The van der Waals surface area contributed by atoms with Crippen molar-refractivity contribution < 1.29 is 18.7 Å². The molecule has 2 amide bonds. The van der Waals surface area contributed by atoms with E-state index in [1.807, 2.05) is 0 Å². The highest BCUT2D eigenvalue weighted by Gasteiger charge is 2.61. The van der Waals surface area contributed by atoms with Gasteiger partial charge in [-0.15, -0.1) is 0 Å². The molecule has 0 aromatic carbocycles. The maximum atomic E-state index is 14.7. The third kappa shape index (κ3) is 2.36. The summed E-state index contributed by atoms with van der Waals surface area (Å²) in [6.45, 7) is 0.295. The standard InChI is InChI=1S/C14H21FN2O3/c15-14-6-9-3-10(7-14)5-13(4-9,8-14)11(18)17-1-2-20-12(16)19/h9-10H,1-8H2,(H2,16,19)(H,17,18). The van der Waals surface area contributed by atoms with Gasteiger partial charge in [-0.25, -0.2) is 9.18 Å². The molecule has 20 heavy (non-hydrogen) atoms. The number of amides is 2. The zero-order valence-corrected chi connectivity index (χ0v) is 11.5. The Hall–Kier alpha value is -1.33. The predicted octanol–water partition coefficient (Wildman–Crippen LogP) is 1.51. The average Bonchev–Trinajstić information content (AvgIpc) is 2.31. The Kier molecular flexibility index (Phi) is 3.14. The Balaban J connectivity index is 1.61. The Morgan fingerprint density at radius 3 is 2.45 bits per heavy atom. The largest absolute Gasteiger partial charge is 0.448 e. The summed E-state index contributed by atoms with van der Waals surface area (Å²) in [5.74, 6) is 0.629. The molecular formula is C14H21FN2O3. The molecule has 0 aliphatic heterocycles. The number of primary amides is 1. The molecule has 6 heteroatoms. The van der Waals surface area contributed by atoms with Gasteiger partial charge in [-0.2, -0.15) is 0 Å². The fourth-order valence-electron chi connectivity index (χ4n) is 4.92. The van der Waals surface area contributed by atoms with Crippen LogP contribution in [-0.4, -0.2) is 30.8 Å². The second-order valence-electron chi connectivity index (χ2n) is 6.82. The minimum absolute atomic E-state index is 0.0603. The maximum absolute atomic E-state index is 14.7. The molecule has 4 saturated carbocycles. The van der Waals surface area contributed by atoms with Crippen molar-refractivity contribution in [3.8, 4) is 0 Å². The van der Waals surface area contributed by atoms with E-state index in [1.165, 1.54) is 0 Å². The number of ether oxygens (including phenoxy) is 1. The van der Waals surface area contributed by atoms with Gasteiger partial charge in [0.15, 0.2) is 0 Å². The molecule has 4 rings (SSSR count). The summed E-state index contributed by atoms with van der Waals surface area (Å²) in [6.07, 6.45) is 3.44. The van der Waals surface area contributed by atoms with E-state index >= 15 is 0 Å². The molecule has 3 N–H and O–H groups in total. The number of carbonyl (C=O) groups excluding carboxylic acids is 2. The fourth-order valence-corrected chi connectivity index (χ4v) is 4.92. The lowest BCUT2D eigenvalue weighted by Crippen LogP contribution is -2.59. The van der Waals surface area contributed by atoms with Crippen molar-refractivity contribution in [2.24, 2.45) is 23.0 Å². The topological polar surface area (TPSA) is 81.4 Å². The summed E-state index contributed by atoms with van der Waals surface area (Å²) >= 11 is 0. The first-order valence-corrected chi connectivity index (χ1v) is 7.30. The van der Waals surface area contributed by atoms with Crippen LogP contribution in [0, 0.1) is 17.3 Å². The van der Waals surface area contributed by atoms with Crippen LogP contribution in [0.4, 0.5) is 9.18 Å². The van der Waals surface area contributed by atoms with E-state index in [0.717, 1.165) is 19.3 Å². The monoisotopic (exact) mass is 284 g/mol. The smallest absolute Gasteiger partial charge is 0.404 e. The molecule has 0 aromatic rings. The number of rotatable bonds is 4. The third-order valence-electron chi connectivity index (χ3n) is 5.10. The normalized spacial score (nSPS) is 41.5. The SMILES string of the molecule is NC(=O)OCCNC(=O)C12CC3CC(CC(F)(C3)C1)C2. The number of carbonyl (C=O) groups is 2. The third-order valence-corrected chi connectivity index (χ3v) is 5.10. The molecule has 2 unspecified atom stereocenters. The Labute approximate surface area is 117 Å². The number of nitrogens with one attached hydrogen (secondary N) is 1. The first-order chi connectivity index (χ1) is 9.41. The Bertz CT molecular complexity index is 426. The minimum atomic E-state index is -1.13. The highest BCUT2D eigenvalue weighted by molar-refractivity contribution is 5.83. The summed E-state index contributed by atoms with van der Waals surface area (Å²) in [4.78, 5) is 22.9. The first kappa shape index (κ1) is 13.6. The summed E-state index contributed by atoms with van der Waals surface area (Å²) in [5.41, 5.74) is 3.18. The molecule has 0 saturated heterocycles. The van der Waals surface area contributed by atoms with Gasteiger partial charge in [0.05, 0.1) is 12.0 Å². The molecule has 4 aliphatic rings. The van der Waals surface area contributed by atoms with Crippen LogP contribution in [0.1, 0.15) is 38.5 Å². The number of halogens is 1. The van der Waals surface area contributed by atoms with Crippen molar-refractivity contribution in [2.75, 3.05) is 13.2 Å². The van der Waals surface area contributed by atoms with Crippen LogP contribution in [0.5, 0.6) is 0 Å². The molecular weight excluding hydrogens is 263 g/mol. The minimum Gasteiger partial charge on any atom is -0.448 e. The van der Waals surface area contributed by atoms with Crippen LogP contribution in [-0.2, 0) is 9.53 Å². The molecule has 0 aromatic heterocycles. The van der Waals surface area contributed by atoms with Crippen LogP contribution in [0.3, 0.4) is 0 Å². The summed E-state index contributed by atoms with van der Waals surface area (Å²) in [5, 5.41) is 2.77. The molecule has 4 fully saturated rings. The van der Waals surface area contributed by atoms with Gasteiger partial charge in [0.25, 0.3) is 0 Å². The maximum Gasteiger partial charge on any atom is 0.404 e. The second-order valence-corrected chi connectivity index (χ2v) is 6.82. The number of hydrogen-bond acceptors (Lipinski definition) is 3. The quantitative estimate of drug-likeness (QED) is 0.768. The number of nitrogens with two attached hydrogens (primary N) is 1. The predicted molar refractivity (Wildman–Crippen MR) is 69.5 cm³/mol. The van der Waals surface area contributed by atoms with E-state index in [1.54, 1.807) is 0 Å². The van der Waals surface area contributed by atoms with Gasteiger partial charge in [-0.1, -0.05) is 0 Å². The lowest BCUT2D eigenvalue weighted by Gasteiger charge is -2.58. The highest BCUT2D eigenvalue weighted by atomic mass is 19.1. The molecule has 2 atom stereocenters. The lowest BCUT2D eigenvalue weighted by molar-refractivity contribution is -0.160. The van der Waals surface area contributed by atoms with Crippen molar-refractivity contribution in [1.29, 1.82) is 0 Å². The van der Waals surface area contributed by atoms with Crippen LogP contribution in [0.2, 0.25) is 0 Å². The zero-order valence-electron chi connectivity index (χ0n) is 11.5. The number of alkyl halides is 1. The van der Waals surface area contributed by atoms with Gasteiger partial charge in [-0.3, -0.25) is 4.79 Å². The summed E-state index contributed by atoms with van der Waals surface area (Å²) in [7, 11) is 0. The van der Waals surface area contributed by atoms with E-state index in [-0.39, 0.29) is 19.1 Å². The zero-order chi connectivity index (χ0) is 14.4. The molecule has 5 nitrogen and oxygen atoms in total. The summed E-state index contributed by atoms with van der Waals surface area (Å²) < 4.78 is 19.3. The van der Waals surface area contributed by atoms with Crippen LogP contribution < -0.4 is 11.1 Å². The first-order valence-electron chi connectivity index (χ1n) is 7.30. The van der Waals surface area contributed by atoms with Gasteiger partial charge in [-0.05, 0) is 50.4 Å². The van der Waals surface area contributed by atoms with Crippen molar-refractivity contribution >= 4 is 12.0 Å². The van der Waals surface area contributed by atoms with E-state index < -0.39 is 17.2 Å². The molecule has 0 radical (unpaired) electrons. The molecule has 112 valence electrons. The van der Waals surface area contributed by atoms with Crippen LogP contribution in [0.15, 0.2) is 0 Å². The molecule has 0 heterocycles. The Morgan fingerprint density at radius 1 is 1.25 bits per heavy atom. The van der Waals surface area contributed by atoms with Crippen LogP contribution >= 0.6 is 0 Å². The average molecular weight is 284 g/mol. The van der Waals surface area contributed by atoms with Gasteiger partial charge in [0, 0.05) is 0 Å². The molecule has 4 aliphatic carbocycles. The van der Waals surface area contributed by atoms with Gasteiger partial charge < -0.3 is 15.8 Å². The van der Waals surface area contributed by atoms with Crippen LogP contribution in [0.25, 0.3) is 0 Å². The van der Waals surface area contributed by atoms with Gasteiger partial charge >= 0.3 is 6.09 Å². The molecule has 4 bridgehead atoms. The van der Waals surface area contributed by atoms with Crippen molar-refractivity contribution in [3.05, 3.63) is 0 Å². The van der Waals surface area contributed by atoms with Gasteiger partial charge in [0.1, 0.15) is 12.3 Å². The number of hydrogen-bond donors (Lipinski definition) is 2. The van der Waals surface area contributed by atoms with Crippen molar-refractivity contribution in [1.82, 2.24) is 5.32 Å². The lowest BCUT2D eigenvalue weighted by atomic mass is 9.48. The highest BCUT2D eigenvalue weighted by Crippen LogP contribution is 2.62. The molecule has 0 spiro atoms. The fraction of sp³-hybridized carbons (Fsp3) is 0.857. The van der Waals surface area contributed by atoms with E-state index in [4.69, 9.17) is 5.73 Å². The van der Waals surface area contributed by atoms with Crippen molar-refractivity contribution in [3.63, 3.8) is 0 Å². The Morgan fingerprint density at radius 2 is 1.90 bits per heavy atom. The van der Waals surface area contributed by atoms with Gasteiger partial charge in [0.2, 0.25) is 5.91 Å². The van der Waals surface area contributed by atoms with E-state index in [0.29, 0.717) is 31.1 Å². The van der Waals surface area contributed by atoms with E-state index in [9.17, 15) is 14.0 Å².